The number of anilines is 1. The number of nitrogens with zero attached hydrogens (tertiary/aromatic N) is 2. The van der Waals surface area contributed by atoms with Gasteiger partial charge in [-0.3, -0.25) is 4.79 Å². The Morgan fingerprint density at radius 3 is 2.77 bits per heavy atom. The maximum absolute atomic E-state index is 12.9. The van der Waals surface area contributed by atoms with Crippen LogP contribution in [0.15, 0.2) is 59.9 Å². The highest BCUT2D eigenvalue weighted by molar-refractivity contribution is 8.01. The highest BCUT2D eigenvalue weighted by atomic mass is 32.2. The SMILES string of the molecule is Cc1cc(Oc2ccccc2)ncc1C1(C(N)=O)Sc2nccc3c2C1NC(=O)N3. The van der Waals surface area contributed by atoms with Crippen molar-refractivity contribution >= 4 is 29.4 Å². The molecule has 9 heteroatoms. The number of pyridine rings is 2. The fourth-order valence-corrected chi connectivity index (χ4v) is 5.40. The summed E-state index contributed by atoms with van der Waals surface area (Å²) in [5.74, 6) is 0.477. The number of ether oxygens (including phenoxy) is 1. The Hall–Kier alpha value is -3.59. The topological polar surface area (TPSA) is 119 Å². The van der Waals surface area contributed by atoms with Gasteiger partial charge < -0.3 is 21.1 Å². The van der Waals surface area contributed by atoms with Crippen LogP contribution in [0.3, 0.4) is 0 Å². The molecule has 4 N–H and O–H groups in total. The largest absolute Gasteiger partial charge is 0.439 e. The molecule has 8 nitrogen and oxygen atoms in total. The summed E-state index contributed by atoms with van der Waals surface area (Å²) in [5, 5.41) is 6.26. The zero-order valence-corrected chi connectivity index (χ0v) is 16.7. The molecular weight excluding hydrogens is 402 g/mol. The maximum atomic E-state index is 12.9. The number of rotatable bonds is 4. The summed E-state index contributed by atoms with van der Waals surface area (Å²) in [6, 6.07) is 11.7. The van der Waals surface area contributed by atoms with Crippen LogP contribution in [0.4, 0.5) is 10.5 Å². The molecule has 150 valence electrons. The number of carbonyl (C=O) groups excluding carboxylic acids is 2. The maximum Gasteiger partial charge on any atom is 0.319 e. The van der Waals surface area contributed by atoms with Crippen molar-refractivity contribution in [2.45, 2.75) is 22.7 Å². The van der Waals surface area contributed by atoms with E-state index in [1.54, 1.807) is 24.5 Å². The first-order valence-corrected chi connectivity index (χ1v) is 10.1. The van der Waals surface area contributed by atoms with Gasteiger partial charge in [0, 0.05) is 29.6 Å². The Labute approximate surface area is 176 Å². The molecule has 0 saturated carbocycles. The number of thioether (sulfide) groups is 1. The molecular formula is C21H17N5O3S. The lowest BCUT2D eigenvalue weighted by Crippen LogP contribution is -2.51. The van der Waals surface area contributed by atoms with Gasteiger partial charge in [0.25, 0.3) is 0 Å². The zero-order valence-electron chi connectivity index (χ0n) is 15.9. The van der Waals surface area contributed by atoms with Gasteiger partial charge in [-0.05, 0) is 30.7 Å². The Morgan fingerprint density at radius 1 is 1.23 bits per heavy atom. The van der Waals surface area contributed by atoms with Crippen LogP contribution in [0, 0.1) is 6.92 Å². The van der Waals surface area contributed by atoms with Gasteiger partial charge in [0.05, 0.1) is 11.7 Å². The summed E-state index contributed by atoms with van der Waals surface area (Å²) in [4.78, 5) is 33.9. The predicted molar refractivity (Wildman–Crippen MR) is 111 cm³/mol. The molecule has 0 saturated heterocycles. The van der Waals surface area contributed by atoms with Gasteiger partial charge in [0.1, 0.15) is 10.8 Å². The standard InChI is InChI=1S/C21H17N5O3S/c1-11-9-15(29-12-5-3-2-4-6-12)24-10-13(11)21(19(22)27)17-16-14(25-20(28)26-17)7-8-23-18(16)30-21/h2-10,17H,1H3,(H2,22,27)(H2,25,26,28). The summed E-state index contributed by atoms with van der Waals surface area (Å²) in [5.41, 5.74) is 8.70. The van der Waals surface area contributed by atoms with Crippen molar-refractivity contribution in [1.82, 2.24) is 15.3 Å². The lowest BCUT2D eigenvalue weighted by molar-refractivity contribution is -0.121. The van der Waals surface area contributed by atoms with Crippen LogP contribution < -0.4 is 21.1 Å². The summed E-state index contributed by atoms with van der Waals surface area (Å²) >= 11 is 1.24. The van der Waals surface area contributed by atoms with Crippen molar-refractivity contribution in [3.63, 3.8) is 0 Å². The second kappa shape index (κ2) is 6.74. The van der Waals surface area contributed by atoms with E-state index in [1.807, 2.05) is 37.3 Å². The van der Waals surface area contributed by atoms with E-state index in [2.05, 4.69) is 20.6 Å². The number of nitrogens with two attached hydrogens (primary N) is 1. The van der Waals surface area contributed by atoms with Crippen LogP contribution in [0.5, 0.6) is 11.6 Å². The van der Waals surface area contributed by atoms with Gasteiger partial charge in [-0.2, -0.15) is 0 Å². The number of benzene rings is 1. The van der Waals surface area contributed by atoms with Crippen molar-refractivity contribution in [3.8, 4) is 11.6 Å². The highest BCUT2D eigenvalue weighted by Gasteiger charge is 2.57. The molecule has 30 heavy (non-hydrogen) atoms. The summed E-state index contributed by atoms with van der Waals surface area (Å²) < 4.78 is 4.53. The van der Waals surface area contributed by atoms with Gasteiger partial charge in [-0.1, -0.05) is 30.0 Å². The smallest absolute Gasteiger partial charge is 0.319 e. The number of nitrogens with one attached hydrogen (secondary N) is 2. The van der Waals surface area contributed by atoms with Crippen LogP contribution in [-0.4, -0.2) is 21.9 Å². The minimum atomic E-state index is -1.27. The van der Waals surface area contributed by atoms with Gasteiger partial charge in [0.2, 0.25) is 11.8 Å². The Balaban J connectivity index is 1.60. The molecule has 0 radical (unpaired) electrons. The third-order valence-corrected chi connectivity index (χ3v) is 6.75. The molecule has 4 heterocycles. The van der Waals surface area contributed by atoms with E-state index >= 15 is 0 Å². The molecule has 5 rings (SSSR count). The van der Waals surface area contributed by atoms with E-state index in [9.17, 15) is 9.59 Å². The first-order valence-electron chi connectivity index (χ1n) is 9.24. The quantitative estimate of drug-likeness (QED) is 0.597. The number of aryl methyl sites for hydroxylation is 1. The number of primary amides is 1. The number of urea groups is 1. The van der Waals surface area contributed by atoms with Crippen molar-refractivity contribution in [2.24, 2.45) is 5.73 Å². The number of hydrogen-bond acceptors (Lipinski definition) is 6. The molecule has 0 spiro atoms. The zero-order chi connectivity index (χ0) is 20.9. The Kier molecular flexibility index (Phi) is 4.14. The molecule has 0 aliphatic carbocycles. The molecule has 2 atom stereocenters. The summed E-state index contributed by atoms with van der Waals surface area (Å²) in [6.45, 7) is 1.86. The number of carbonyl (C=O) groups is 2. The average molecular weight is 419 g/mol. The minimum Gasteiger partial charge on any atom is -0.439 e. The van der Waals surface area contributed by atoms with Crippen LogP contribution in [0.2, 0.25) is 0 Å². The first-order chi connectivity index (χ1) is 14.5. The molecule has 3 amide bonds. The lowest BCUT2D eigenvalue weighted by Gasteiger charge is -2.35. The van der Waals surface area contributed by atoms with Gasteiger partial charge in [-0.15, -0.1) is 0 Å². The van der Waals surface area contributed by atoms with E-state index < -0.39 is 22.7 Å². The second-order valence-electron chi connectivity index (χ2n) is 7.06. The fourth-order valence-electron chi connectivity index (χ4n) is 3.92. The highest BCUT2D eigenvalue weighted by Crippen LogP contribution is 2.60. The van der Waals surface area contributed by atoms with Crippen molar-refractivity contribution in [1.29, 1.82) is 0 Å². The lowest BCUT2D eigenvalue weighted by atomic mass is 9.84. The number of hydrogen-bond donors (Lipinski definition) is 3. The van der Waals surface area contributed by atoms with Crippen molar-refractivity contribution in [3.05, 3.63) is 71.5 Å². The van der Waals surface area contributed by atoms with Crippen LogP contribution in [0.25, 0.3) is 0 Å². The average Bonchev–Trinajstić information content (AvgIpc) is 3.05. The predicted octanol–water partition coefficient (Wildman–Crippen LogP) is 3.24. The second-order valence-corrected chi connectivity index (χ2v) is 8.30. The number of amides is 3. The third-order valence-electron chi connectivity index (χ3n) is 5.25. The number of para-hydroxylation sites is 1. The van der Waals surface area contributed by atoms with Crippen LogP contribution in [-0.2, 0) is 9.54 Å². The normalized spacial score (nSPS) is 21.4. The van der Waals surface area contributed by atoms with Crippen molar-refractivity contribution in [2.75, 3.05) is 5.32 Å². The van der Waals surface area contributed by atoms with E-state index in [0.29, 0.717) is 27.9 Å². The van der Waals surface area contributed by atoms with Gasteiger partial charge in [-0.25, -0.2) is 14.8 Å². The van der Waals surface area contributed by atoms with Crippen LogP contribution in [0.1, 0.15) is 22.7 Å². The number of aromatic nitrogens is 2. The summed E-state index contributed by atoms with van der Waals surface area (Å²) in [6.07, 6.45) is 3.19. The van der Waals surface area contributed by atoms with E-state index in [-0.39, 0.29) is 0 Å². The molecule has 1 aromatic carbocycles. The molecule has 0 fully saturated rings. The van der Waals surface area contributed by atoms with Crippen LogP contribution >= 0.6 is 11.8 Å². The molecule has 2 unspecified atom stereocenters. The first kappa shape index (κ1) is 18.4. The Morgan fingerprint density at radius 2 is 2.03 bits per heavy atom. The molecule has 0 bridgehead atoms. The molecule has 3 aromatic rings. The Bertz CT molecular complexity index is 1190. The van der Waals surface area contributed by atoms with Gasteiger partial charge in [0.15, 0.2) is 4.75 Å². The fraction of sp³-hybridized carbons (Fsp3) is 0.143. The third kappa shape index (κ3) is 2.70. The van der Waals surface area contributed by atoms with E-state index in [4.69, 9.17) is 10.5 Å². The minimum absolute atomic E-state index is 0.396. The monoisotopic (exact) mass is 419 g/mol. The van der Waals surface area contributed by atoms with Gasteiger partial charge >= 0.3 is 6.03 Å². The van der Waals surface area contributed by atoms with Crippen molar-refractivity contribution < 1.29 is 14.3 Å². The molecule has 2 aliphatic rings. The van der Waals surface area contributed by atoms with E-state index in [1.165, 1.54) is 11.8 Å². The molecule has 2 aliphatic heterocycles. The summed E-state index contributed by atoms with van der Waals surface area (Å²) in [7, 11) is 0. The molecule has 2 aromatic heterocycles. The van der Waals surface area contributed by atoms with E-state index in [0.717, 1.165) is 11.1 Å².